The number of likely N-dealkylation sites (tertiary alicyclic amines) is 1. The minimum absolute atomic E-state index is 0.0687. The monoisotopic (exact) mass is 366 g/mol. The van der Waals surface area contributed by atoms with E-state index in [1.54, 1.807) is 12.4 Å². The van der Waals surface area contributed by atoms with E-state index in [-0.39, 0.29) is 11.3 Å². The normalized spacial score (nSPS) is 19.7. The van der Waals surface area contributed by atoms with Gasteiger partial charge in [0.2, 0.25) is 11.9 Å². The molecule has 0 atom stereocenters. The van der Waals surface area contributed by atoms with Gasteiger partial charge < -0.3 is 14.5 Å². The second-order valence-electron chi connectivity index (χ2n) is 7.57. The summed E-state index contributed by atoms with van der Waals surface area (Å²) in [6, 6.07) is 11.8. The number of anilines is 1. The van der Waals surface area contributed by atoms with Crippen molar-refractivity contribution in [2.24, 2.45) is 5.41 Å². The standard InChI is InChI=1S/C21H26N4O2/c26-19(15-18-5-2-1-3-6-18)24-11-7-21(8-12-24)16-25(13-14-27-17-21)20-22-9-4-10-23-20/h1-6,9-10H,7-8,11-17H2. The van der Waals surface area contributed by atoms with Gasteiger partial charge in [0, 0.05) is 44.0 Å². The first-order valence-electron chi connectivity index (χ1n) is 9.66. The maximum Gasteiger partial charge on any atom is 0.226 e. The van der Waals surface area contributed by atoms with E-state index in [1.165, 1.54) is 0 Å². The van der Waals surface area contributed by atoms with Gasteiger partial charge in [0.25, 0.3) is 0 Å². The lowest BCUT2D eigenvalue weighted by atomic mass is 9.78. The molecule has 0 bridgehead atoms. The highest BCUT2D eigenvalue weighted by molar-refractivity contribution is 5.78. The highest BCUT2D eigenvalue weighted by Gasteiger charge is 2.39. The van der Waals surface area contributed by atoms with Crippen LogP contribution in [0.2, 0.25) is 0 Å². The van der Waals surface area contributed by atoms with Gasteiger partial charge in [0.15, 0.2) is 0 Å². The number of ether oxygens (including phenoxy) is 1. The Morgan fingerprint density at radius 2 is 1.78 bits per heavy atom. The predicted octanol–water partition coefficient (Wildman–Crippen LogP) is 2.16. The van der Waals surface area contributed by atoms with Crippen LogP contribution in [-0.2, 0) is 16.0 Å². The van der Waals surface area contributed by atoms with Gasteiger partial charge >= 0.3 is 0 Å². The Balaban J connectivity index is 1.38. The molecule has 3 heterocycles. The van der Waals surface area contributed by atoms with Crippen molar-refractivity contribution in [2.45, 2.75) is 19.3 Å². The molecule has 1 spiro atoms. The van der Waals surface area contributed by atoms with E-state index < -0.39 is 0 Å². The first-order chi connectivity index (χ1) is 13.2. The molecule has 4 rings (SSSR count). The van der Waals surface area contributed by atoms with Crippen molar-refractivity contribution in [3.05, 3.63) is 54.4 Å². The van der Waals surface area contributed by atoms with E-state index in [2.05, 4.69) is 14.9 Å². The number of carbonyl (C=O) groups is 1. The van der Waals surface area contributed by atoms with Crippen LogP contribution in [0.5, 0.6) is 0 Å². The molecule has 1 aromatic heterocycles. The number of aromatic nitrogens is 2. The lowest BCUT2D eigenvalue weighted by Gasteiger charge is -2.42. The molecular formula is C21H26N4O2. The number of rotatable bonds is 3. The number of carbonyl (C=O) groups excluding carboxylic acids is 1. The fraction of sp³-hybridized carbons (Fsp3) is 0.476. The fourth-order valence-corrected chi connectivity index (χ4v) is 4.03. The third-order valence-electron chi connectivity index (χ3n) is 5.65. The minimum Gasteiger partial charge on any atom is -0.379 e. The zero-order chi connectivity index (χ0) is 18.5. The topological polar surface area (TPSA) is 58.6 Å². The van der Waals surface area contributed by atoms with Gasteiger partial charge in [-0.05, 0) is 24.5 Å². The number of benzene rings is 1. The molecule has 2 aliphatic rings. The summed E-state index contributed by atoms with van der Waals surface area (Å²) in [5.74, 6) is 0.985. The largest absolute Gasteiger partial charge is 0.379 e. The third kappa shape index (κ3) is 4.27. The second-order valence-corrected chi connectivity index (χ2v) is 7.57. The number of nitrogens with zero attached hydrogens (tertiary/aromatic N) is 4. The molecule has 1 amide bonds. The number of hydrogen-bond acceptors (Lipinski definition) is 5. The molecule has 2 aromatic rings. The highest BCUT2D eigenvalue weighted by Crippen LogP contribution is 2.35. The Morgan fingerprint density at radius 3 is 2.52 bits per heavy atom. The molecule has 0 aliphatic carbocycles. The smallest absolute Gasteiger partial charge is 0.226 e. The lowest BCUT2D eigenvalue weighted by Crippen LogP contribution is -2.49. The average molecular weight is 366 g/mol. The molecule has 0 N–H and O–H groups in total. The van der Waals surface area contributed by atoms with Crippen molar-refractivity contribution in [1.82, 2.24) is 14.9 Å². The van der Waals surface area contributed by atoms with Crippen molar-refractivity contribution in [3.63, 3.8) is 0 Å². The van der Waals surface area contributed by atoms with Gasteiger partial charge in [0.1, 0.15) is 0 Å². The Morgan fingerprint density at radius 1 is 1.04 bits per heavy atom. The Labute approximate surface area is 160 Å². The van der Waals surface area contributed by atoms with Crippen molar-refractivity contribution >= 4 is 11.9 Å². The van der Waals surface area contributed by atoms with E-state index in [0.717, 1.165) is 57.1 Å². The number of amides is 1. The van der Waals surface area contributed by atoms with E-state index in [4.69, 9.17) is 4.74 Å². The second kappa shape index (κ2) is 8.05. The first kappa shape index (κ1) is 17.9. The summed E-state index contributed by atoms with van der Waals surface area (Å²) in [6.07, 6.45) is 5.96. The van der Waals surface area contributed by atoms with Crippen LogP contribution in [0, 0.1) is 5.41 Å². The van der Waals surface area contributed by atoms with Crippen LogP contribution in [0.25, 0.3) is 0 Å². The molecule has 0 unspecified atom stereocenters. The summed E-state index contributed by atoms with van der Waals surface area (Å²) < 4.78 is 5.93. The van der Waals surface area contributed by atoms with Gasteiger partial charge in [-0.3, -0.25) is 4.79 Å². The number of piperidine rings is 1. The van der Waals surface area contributed by atoms with E-state index >= 15 is 0 Å². The molecule has 0 saturated carbocycles. The van der Waals surface area contributed by atoms with E-state index in [0.29, 0.717) is 13.0 Å². The van der Waals surface area contributed by atoms with Crippen LogP contribution in [0.15, 0.2) is 48.8 Å². The molecule has 1 aromatic carbocycles. The molecule has 0 radical (unpaired) electrons. The van der Waals surface area contributed by atoms with Crippen LogP contribution < -0.4 is 4.90 Å². The van der Waals surface area contributed by atoms with Gasteiger partial charge in [0.05, 0.1) is 19.6 Å². The molecule has 27 heavy (non-hydrogen) atoms. The molecule has 2 aliphatic heterocycles. The lowest BCUT2D eigenvalue weighted by molar-refractivity contribution is -0.133. The molecular weight excluding hydrogens is 340 g/mol. The van der Waals surface area contributed by atoms with Crippen LogP contribution in [0.1, 0.15) is 18.4 Å². The summed E-state index contributed by atoms with van der Waals surface area (Å²) in [5, 5.41) is 0. The summed E-state index contributed by atoms with van der Waals surface area (Å²) >= 11 is 0. The summed E-state index contributed by atoms with van der Waals surface area (Å²) in [7, 11) is 0. The van der Waals surface area contributed by atoms with E-state index in [9.17, 15) is 4.79 Å². The number of hydrogen-bond donors (Lipinski definition) is 0. The SMILES string of the molecule is O=C(Cc1ccccc1)N1CCC2(CC1)COCCN(c1ncccn1)C2. The fourth-order valence-electron chi connectivity index (χ4n) is 4.03. The van der Waals surface area contributed by atoms with Crippen LogP contribution in [0.4, 0.5) is 5.95 Å². The highest BCUT2D eigenvalue weighted by atomic mass is 16.5. The van der Waals surface area contributed by atoms with E-state index in [1.807, 2.05) is 41.3 Å². The Bertz CT molecular complexity index is 745. The first-order valence-corrected chi connectivity index (χ1v) is 9.66. The van der Waals surface area contributed by atoms with Crippen LogP contribution >= 0.6 is 0 Å². The molecule has 6 nitrogen and oxygen atoms in total. The van der Waals surface area contributed by atoms with Crippen LogP contribution in [-0.4, -0.2) is 60.2 Å². The molecule has 2 fully saturated rings. The minimum atomic E-state index is 0.0687. The summed E-state index contributed by atoms with van der Waals surface area (Å²) in [4.78, 5) is 25.7. The van der Waals surface area contributed by atoms with Gasteiger partial charge in [-0.2, -0.15) is 0 Å². The average Bonchev–Trinajstić information content (AvgIpc) is 2.93. The Kier molecular flexibility index (Phi) is 5.34. The van der Waals surface area contributed by atoms with Crippen LogP contribution in [0.3, 0.4) is 0 Å². The van der Waals surface area contributed by atoms with Crippen molar-refractivity contribution in [2.75, 3.05) is 44.3 Å². The molecule has 6 heteroatoms. The third-order valence-corrected chi connectivity index (χ3v) is 5.65. The zero-order valence-corrected chi connectivity index (χ0v) is 15.6. The van der Waals surface area contributed by atoms with Gasteiger partial charge in [-0.1, -0.05) is 30.3 Å². The Hall–Kier alpha value is -2.47. The maximum atomic E-state index is 12.7. The summed E-state index contributed by atoms with van der Waals surface area (Å²) in [5.41, 5.74) is 1.15. The molecule has 2 saturated heterocycles. The quantitative estimate of drug-likeness (QED) is 0.833. The molecule has 142 valence electrons. The predicted molar refractivity (Wildman–Crippen MR) is 103 cm³/mol. The van der Waals surface area contributed by atoms with Gasteiger partial charge in [-0.25, -0.2) is 9.97 Å². The van der Waals surface area contributed by atoms with Gasteiger partial charge in [-0.15, -0.1) is 0 Å². The van der Waals surface area contributed by atoms with Crippen molar-refractivity contribution in [3.8, 4) is 0 Å². The maximum absolute atomic E-state index is 12.7. The van der Waals surface area contributed by atoms with Crippen molar-refractivity contribution < 1.29 is 9.53 Å². The zero-order valence-electron chi connectivity index (χ0n) is 15.6. The summed E-state index contributed by atoms with van der Waals surface area (Å²) in [6.45, 7) is 4.71. The van der Waals surface area contributed by atoms with Crippen molar-refractivity contribution in [1.29, 1.82) is 0 Å².